The van der Waals surface area contributed by atoms with Gasteiger partial charge in [-0.3, -0.25) is 4.79 Å². The highest BCUT2D eigenvalue weighted by molar-refractivity contribution is 6.33. The lowest BCUT2D eigenvalue weighted by atomic mass is 10.1. The fourth-order valence-corrected chi connectivity index (χ4v) is 1.20. The molecule has 64 valence electrons. The summed E-state index contributed by atoms with van der Waals surface area (Å²) in [6, 6.07) is 3.37. The van der Waals surface area contributed by atoms with Crippen LogP contribution in [0.4, 0.5) is 0 Å². The van der Waals surface area contributed by atoms with Gasteiger partial charge in [-0.05, 0) is 19.1 Å². The molecule has 0 saturated carbocycles. The van der Waals surface area contributed by atoms with Crippen LogP contribution in [-0.4, -0.2) is 13.4 Å². The minimum Gasteiger partial charge on any atom is -0.496 e. The van der Waals surface area contributed by atoms with Gasteiger partial charge in [0.25, 0.3) is 0 Å². The lowest BCUT2D eigenvalue weighted by Gasteiger charge is -2.06. The average Bonchev–Trinajstić information content (AvgIpc) is 2.10. The fraction of sp³-hybridized carbons (Fsp3) is 0.222. The summed E-state index contributed by atoms with van der Waals surface area (Å²) in [4.78, 5) is 10.5. The zero-order valence-electron chi connectivity index (χ0n) is 6.93. The minimum absolute atomic E-state index is 0.462. The first-order valence-electron chi connectivity index (χ1n) is 3.49. The number of hydrogen-bond acceptors (Lipinski definition) is 2. The van der Waals surface area contributed by atoms with Crippen LogP contribution in [0.3, 0.4) is 0 Å². The van der Waals surface area contributed by atoms with E-state index in [0.717, 1.165) is 11.8 Å². The van der Waals surface area contributed by atoms with Gasteiger partial charge in [0.1, 0.15) is 5.75 Å². The molecule has 0 heterocycles. The van der Waals surface area contributed by atoms with Crippen molar-refractivity contribution < 1.29 is 9.53 Å². The van der Waals surface area contributed by atoms with Gasteiger partial charge in [0.05, 0.1) is 12.1 Å². The molecular formula is C9H9ClO2. The summed E-state index contributed by atoms with van der Waals surface area (Å²) < 4.78 is 5.02. The van der Waals surface area contributed by atoms with Crippen LogP contribution in [0.25, 0.3) is 0 Å². The second-order valence-electron chi connectivity index (χ2n) is 2.41. The van der Waals surface area contributed by atoms with E-state index in [2.05, 4.69) is 0 Å². The summed E-state index contributed by atoms with van der Waals surface area (Å²) in [6.45, 7) is 1.81. The molecule has 0 unspecified atom stereocenters. The summed E-state index contributed by atoms with van der Waals surface area (Å²) >= 11 is 5.87. The van der Waals surface area contributed by atoms with Crippen LogP contribution in [0.1, 0.15) is 15.9 Å². The maximum Gasteiger partial charge on any atom is 0.151 e. The normalized spacial score (nSPS) is 9.58. The SMILES string of the molecule is COc1ccc(C=O)c(Cl)c1C. The first-order chi connectivity index (χ1) is 5.70. The summed E-state index contributed by atoms with van der Waals surface area (Å²) in [5.74, 6) is 0.700. The lowest BCUT2D eigenvalue weighted by Crippen LogP contribution is -1.91. The van der Waals surface area contributed by atoms with Crippen molar-refractivity contribution in [2.45, 2.75) is 6.92 Å². The molecule has 0 fully saturated rings. The molecule has 0 N–H and O–H groups in total. The van der Waals surface area contributed by atoms with Crippen molar-refractivity contribution in [1.29, 1.82) is 0 Å². The van der Waals surface area contributed by atoms with E-state index in [0.29, 0.717) is 16.3 Å². The lowest BCUT2D eigenvalue weighted by molar-refractivity contribution is 0.112. The maximum atomic E-state index is 10.5. The summed E-state index contributed by atoms with van der Waals surface area (Å²) in [5, 5.41) is 0.462. The van der Waals surface area contributed by atoms with Crippen LogP contribution < -0.4 is 4.74 Å². The Hall–Kier alpha value is -1.02. The summed E-state index contributed by atoms with van der Waals surface area (Å²) in [7, 11) is 1.57. The quantitative estimate of drug-likeness (QED) is 0.660. The number of carbonyl (C=O) groups is 1. The largest absolute Gasteiger partial charge is 0.496 e. The Balaban J connectivity index is 3.29. The molecule has 3 heteroatoms. The third kappa shape index (κ3) is 1.43. The Morgan fingerprint density at radius 3 is 2.67 bits per heavy atom. The number of benzene rings is 1. The molecule has 0 aromatic heterocycles. The van der Waals surface area contributed by atoms with Crippen LogP contribution in [0.5, 0.6) is 5.75 Å². The van der Waals surface area contributed by atoms with Crippen molar-refractivity contribution >= 4 is 17.9 Å². The van der Waals surface area contributed by atoms with Gasteiger partial charge in [-0.2, -0.15) is 0 Å². The number of hydrogen-bond donors (Lipinski definition) is 0. The van der Waals surface area contributed by atoms with E-state index in [1.165, 1.54) is 0 Å². The average molecular weight is 185 g/mol. The van der Waals surface area contributed by atoms with E-state index in [1.54, 1.807) is 19.2 Å². The molecule has 0 aliphatic carbocycles. The predicted octanol–water partition coefficient (Wildman–Crippen LogP) is 2.47. The van der Waals surface area contributed by atoms with Crippen LogP contribution in [0.15, 0.2) is 12.1 Å². The van der Waals surface area contributed by atoms with Gasteiger partial charge in [-0.1, -0.05) is 11.6 Å². The Morgan fingerprint density at radius 2 is 2.17 bits per heavy atom. The highest BCUT2D eigenvalue weighted by Gasteiger charge is 2.06. The minimum atomic E-state index is 0.462. The predicted molar refractivity (Wildman–Crippen MR) is 48.1 cm³/mol. The Morgan fingerprint density at radius 1 is 1.50 bits per heavy atom. The molecule has 1 aromatic carbocycles. The molecule has 1 rings (SSSR count). The molecular weight excluding hydrogens is 176 g/mol. The van der Waals surface area contributed by atoms with Crippen LogP contribution in [-0.2, 0) is 0 Å². The fourth-order valence-electron chi connectivity index (χ4n) is 1.00. The van der Waals surface area contributed by atoms with Gasteiger partial charge in [0.15, 0.2) is 6.29 Å². The monoisotopic (exact) mass is 184 g/mol. The Bertz CT molecular complexity index is 308. The zero-order valence-corrected chi connectivity index (χ0v) is 7.68. The van der Waals surface area contributed by atoms with Crippen molar-refractivity contribution in [2.75, 3.05) is 7.11 Å². The van der Waals surface area contributed by atoms with Gasteiger partial charge >= 0.3 is 0 Å². The number of ether oxygens (including phenoxy) is 1. The summed E-state index contributed by atoms with van der Waals surface area (Å²) in [5.41, 5.74) is 1.29. The van der Waals surface area contributed by atoms with Gasteiger partial charge < -0.3 is 4.74 Å². The first-order valence-corrected chi connectivity index (χ1v) is 3.86. The van der Waals surface area contributed by atoms with E-state index in [-0.39, 0.29) is 0 Å². The van der Waals surface area contributed by atoms with Crippen LogP contribution in [0, 0.1) is 6.92 Å². The molecule has 0 saturated heterocycles. The molecule has 0 aliphatic rings. The van der Waals surface area contributed by atoms with E-state index >= 15 is 0 Å². The Labute approximate surface area is 76.1 Å². The number of methoxy groups -OCH3 is 1. The topological polar surface area (TPSA) is 26.3 Å². The van der Waals surface area contributed by atoms with Crippen molar-refractivity contribution in [3.8, 4) is 5.75 Å². The van der Waals surface area contributed by atoms with Gasteiger partial charge in [-0.25, -0.2) is 0 Å². The molecule has 12 heavy (non-hydrogen) atoms. The van der Waals surface area contributed by atoms with E-state index in [1.807, 2.05) is 6.92 Å². The molecule has 0 radical (unpaired) electrons. The standard InChI is InChI=1S/C9H9ClO2/c1-6-8(12-2)4-3-7(5-11)9(6)10/h3-5H,1-2H3. The third-order valence-electron chi connectivity index (χ3n) is 1.71. The van der Waals surface area contributed by atoms with Gasteiger partial charge in [-0.15, -0.1) is 0 Å². The van der Waals surface area contributed by atoms with Crippen molar-refractivity contribution in [3.63, 3.8) is 0 Å². The molecule has 0 aliphatic heterocycles. The number of aldehydes is 1. The molecule has 0 amide bonds. The second-order valence-corrected chi connectivity index (χ2v) is 2.79. The van der Waals surface area contributed by atoms with E-state index in [9.17, 15) is 4.79 Å². The van der Waals surface area contributed by atoms with Crippen molar-refractivity contribution in [2.24, 2.45) is 0 Å². The van der Waals surface area contributed by atoms with Crippen LogP contribution >= 0.6 is 11.6 Å². The number of rotatable bonds is 2. The summed E-state index contributed by atoms with van der Waals surface area (Å²) in [6.07, 6.45) is 0.731. The first kappa shape index (κ1) is 9.07. The highest BCUT2D eigenvalue weighted by Crippen LogP contribution is 2.27. The smallest absolute Gasteiger partial charge is 0.151 e. The molecule has 0 spiro atoms. The molecule has 0 atom stereocenters. The molecule has 0 bridgehead atoms. The highest BCUT2D eigenvalue weighted by atomic mass is 35.5. The van der Waals surface area contributed by atoms with Crippen molar-refractivity contribution in [3.05, 3.63) is 28.3 Å². The zero-order chi connectivity index (χ0) is 9.14. The molecule has 2 nitrogen and oxygen atoms in total. The van der Waals surface area contributed by atoms with Crippen LogP contribution in [0.2, 0.25) is 5.02 Å². The molecule has 1 aromatic rings. The number of halogens is 1. The number of carbonyl (C=O) groups excluding carboxylic acids is 1. The van der Waals surface area contributed by atoms with E-state index in [4.69, 9.17) is 16.3 Å². The van der Waals surface area contributed by atoms with Gasteiger partial charge in [0, 0.05) is 11.1 Å². The maximum absolute atomic E-state index is 10.5. The van der Waals surface area contributed by atoms with Crippen molar-refractivity contribution in [1.82, 2.24) is 0 Å². The van der Waals surface area contributed by atoms with E-state index < -0.39 is 0 Å². The van der Waals surface area contributed by atoms with Gasteiger partial charge in [0.2, 0.25) is 0 Å². The second kappa shape index (κ2) is 3.59. The third-order valence-corrected chi connectivity index (χ3v) is 2.22. The Kier molecular flexibility index (Phi) is 2.71.